The lowest BCUT2D eigenvalue weighted by atomic mass is 9.82. The Hall–Kier alpha value is -1.62. The number of fused-ring (bicyclic) bond motifs is 1. The molecular formula is C17H24O5. The number of ether oxygens (including phenoxy) is 2. The zero-order valence-electron chi connectivity index (χ0n) is 13.4. The highest BCUT2D eigenvalue weighted by Gasteiger charge is 2.44. The van der Waals surface area contributed by atoms with Crippen LogP contribution in [0.15, 0.2) is 23.3 Å². The minimum Gasteiger partial charge on any atom is -0.461 e. The Balaban J connectivity index is 2.26. The van der Waals surface area contributed by atoms with Crippen molar-refractivity contribution in [3.8, 4) is 0 Å². The average molecular weight is 308 g/mol. The van der Waals surface area contributed by atoms with Gasteiger partial charge < -0.3 is 14.6 Å². The van der Waals surface area contributed by atoms with Crippen LogP contribution in [0.5, 0.6) is 0 Å². The lowest BCUT2D eigenvalue weighted by Crippen LogP contribution is -2.32. The first kappa shape index (κ1) is 16.7. The molecule has 4 atom stereocenters. The van der Waals surface area contributed by atoms with Gasteiger partial charge in [0.05, 0.1) is 12.0 Å². The Morgan fingerprint density at radius 2 is 2.23 bits per heavy atom. The second-order valence-corrected chi connectivity index (χ2v) is 6.23. The molecule has 122 valence electrons. The fourth-order valence-electron chi connectivity index (χ4n) is 3.14. The van der Waals surface area contributed by atoms with Gasteiger partial charge in [-0.3, -0.25) is 9.59 Å². The lowest BCUT2D eigenvalue weighted by Gasteiger charge is -2.25. The second kappa shape index (κ2) is 7.09. The van der Waals surface area contributed by atoms with E-state index in [1.165, 1.54) is 6.92 Å². The van der Waals surface area contributed by atoms with Gasteiger partial charge in [0.25, 0.3) is 0 Å². The number of hydrogen-bond donors (Lipinski definition) is 1. The molecule has 1 aliphatic heterocycles. The molecule has 0 radical (unpaired) electrons. The minimum absolute atomic E-state index is 0.202. The van der Waals surface area contributed by atoms with E-state index >= 15 is 0 Å². The van der Waals surface area contributed by atoms with Gasteiger partial charge in [-0.15, -0.1) is 0 Å². The monoisotopic (exact) mass is 308 g/mol. The molecule has 0 aromatic carbocycles. The Morgan fingerprint density at radius 3 is 2.91 bits per heavy atom. The fraction of sp³-hybridized carbons (Fsp3) is 0.647. The van der Waals surface area contributed by atoms with Crippen molar-refractivity contribution in [2.24, 2.45) is 11.8 Å². The molecule has 1 saturated heterocycles. The van der Waals surface area contributed by atoms with Crippen molar-refractivity contribution >= 4 is 11.9 Å². The lowest BCUT2D eigenvalue weighted by molar-refractivity contribution is -0.143. The van der Waals surface area contributed by atoms with Gasteiger partial charge in [0.15, 0.2) is 0 Å². The minimum atomic E-state index is -0.618. The van der Waals surface area contributed by atoms with E-state index in [9.17, 15) is 14.7 Å². The van der Waals surface area contributed by atoms with Gasteiger partial charge >= 0.3 is 11.9 Å². The van der Waals surface area contributed by atoms with Crippen molar-refractivity contribution in [2.75, 3.05) is 6.61 Å². The number of carbonyl (C=O) groups is 2. The Labute approximate surface area is 131 Å². The maximum Gasteiger partial charge on any atom is 0.309 e. The molecule has 5 heteroatoms. The highest BCUT2D eigenvalue weighted by molar-refractivity contribution is 5.75. The molecule has 1 aliphatic carbocycles. The highest BCUT2D eigenvalue weighted by Crippen LogP contribution is 2.35. The van der Waals surface area contributed by atoms with Crippen LogP contribution in [0.4, 0.5) is 0 Å². The van der Waals surface area contributed by atoms with E-state index in [2.05, 4.69) is 6.08 Å². The molecule has 2 aliphatic rings. The van der Waals surface area contributed by atoms with E-state index in [4.69, 9.17) is 9.47 Å². The third kappa shape index (κ3) is 3.97. The van der Waals surface area contributed by atoms with Gasteiger partial charge in [-0.1, -0.05) is 18.6 Å². The zero-order valence-corrected chi connectivity index (χ0v) is 13.4. The van der Waals surface area contributed by atoms with Crippen LogP contribution in [0.2, 0.25) is 0 Å². The smallest absolute Gasteiger partial charge is 0.309 e. The Morgan fingerprint density at radius 1 is 1.50 bits per heavy atom. The molecule has 0 aromatic rings. The number of carbonyl (C=O) groups excluding carboxylic acids is 2. The van der Waals surface area contributed by atoms with Crippen LogP contribution in [-0.4, -0.2) is 35.9 Å². The number of aliphatic hydroxyl groups is 1. The van der Waals surface area contributed by atoms with Gasteiger partial charge in [0.2, 0.25) is 0 Å². The standard InChI is InChI=1S/C17H24O5/c1-10-5-4-6-13(9-21-12(3)18)8-15-16(14(19)7-10)11(2)17(20)22-15/h5,8,11,14-16,19H,4,6-7,9H2,1-3H3/b10-5+,13-8-/t11-,14+,15-,16-/m1/s1. The second-order valence-electron chi connectivity index (χ2n) is 6.23. The summed E-state index contributed by atoms with van der Waals surface area (Å²) in [6.45, 7) is 5.35. The number of hydrogen-bond acceptors (Lipinski definition) is 5. The van der Waals surface area contributed by atoms with E-state index in [0.717, 1.165) is 24.0 Å². The quantitative estimate of drug-likeness (QED) is 0.625. The molecule has 1 fully saturated rings. The van der Waals surface area contributed by atoms with E-state index in [-0.39, 0.29) is 30.4 Å². The third-order valence-corrected chi connectivity index (χ3v) is 4.38. The molecule has 22 heavy (non-hydrogen) atoms. The van der Waals surface area contributed by atoms with Crippen LogP contribution in [0.1, 0.15) is 40.0 Å². The first-order valence-corrected chi connectivity index (χ1v) is 7.75. The first-order valence-electron chi connectivity index (χ1n) is 7.75. The maximum atomic E-state index is 11.9. The van der Waals surface area contributed by atoms with E-state index < -0.39 is 12.2 Å². The van der Waals surface area contributed by atoms with Crippen LogP contribution in [-0.2, 0) is 19.1 Å². The van der Waals surface area contributed by atoms with Gasteiger partial charge in [-0.2, -0.15) is 0 Å². The molecule has 5 nitrogen and oxygen atoms in total. The molecule has 0 aromatic heterocycles. The summed E-state index contributed by atoms with van der Waals surface area (Å²) >= 11 is 0. The van der Waals surface area contributed by atoms with Gasteiger partial charge in [0, 0.05) is 12.8 Å². The van der Waals surface area contributed by atoms with Crippen LogP contribution in [0.3, 0.4) is 0 Å². The molecule has 1 heterocycles. The first-order chi connectivity index (χ1) is 10.4. The number of esters is 2. The predicted molar refractivity (Wildman–Crippen MR) is 80.9 cm³/mol. The molecule has 0 spiro atoms. The molecule has 0 unspecified atom stereocenters. The SMILES string of the molecule is CC(=O)OC/C1=C\[C@H]2OC(=O)[C@H](C)[C@@H]2[C@@H](O)C/C(C)=C/CC1. The van der Waals surface area contributed by atoms with Gasteiger partial charge in [-0.05, 0) is 37.8 Å². The van der Waals surface area contributed by atoms with Crippen LogP contribution < -0.4 is 0 Å². The Kier molecular flexibility index (Phi) is 5.40. The molecule has 0 bridgehead atoms. The summed E-state index contributed by atoms with van der Waals surface area (Å²) in [6, 6.07) is 0. The van der Waals surface area contributed by atoms with Gasteiger partial charge in [-0.25, -0.2) is 0 Å². The molecule has 2 rings (SSSR count). The number of rotatable bonds is 2. The number of aliphatic hydroxyl groups excluding tert-OH is 1. The van der Waals surface area contributed by atoms with Crippen molar-refractivity contribution in [1.82, 2.24) is 0 Å². The van der Waals surface area contributed by atoms with Crippen molar-refractivity contribution in [3.05, 3.63) is 23.3 Å². The van der Waals surface area contributed by atoms with Crippen molar-refractivity contribution in [1.29, 1.82) is 0 Å². The summed E-state index contributed by atoms with van der Waals surface area (Å²) in [5.74, 6) is -1.21. The van der Waals surface area contributed by atoms with Crippen LogP contribution in [0.25, 0.3) is 0 Å². The molecule has 1 N–H and O–H groups in total. The topological polar surface area (TPSA) is 72.8 Å². The van der Waals surface area contributed by atoms with E-state index in [1.807, 2.05) is 13.0 Å². The summed E-state index contributed by atoms with van der Waals surface area (Å²) in [7, 11) is 0. The maximum absolute atomic E-state index is 11.9. The Bertz CT molecular complexity index is 505. The normalized spacial score (nSPS) is 37.2. The highest BCUT2D eigenvalue weighted by atomic mass is 16.6. The summed E-state index contributed by atoms with van der Waals surface area (Å²) in [5, 5.41) is 10.5. The summed E-state index contributed by atoms with van der Waals surface area (Å²) in [4.78, 5) is 22.9. The molecule has 0 amide bonds. The zero-order chi connectivity index (χ0) is 16.3. The fourth-order valence-corrected chi connectivity index (χ4v) is 3.14. The average Bonchev–Trinajstić information content (AvgIpc) is 2.70. The molecular weight excluding hydrogens is 284 g/mol. The summed E-state index contributed by atoms with van der Waals surface area (Å²) < 4.78 is 10.5. The predicted octanol–water partition coefficient (Wildman–Crippen LogP) is 2.14. The summed E-state index contributed by atoms with van der Waals surface area (Å²) in [6.07, 6.45) is 4.98. The summed E-state index contributed by atoms with van der Waals surface area (Å²) in [5.41, 5.74) is 2.02. The van der Waals surface area contributed by atoms with E-state index in [0.29, 0.717) is 6.42 Å². The van der Waals surface area contributed by atoms with Gasteiger partial charge in [0.1, 0.15) is 12.7 Å². The van der Waals surface area contributed by atoms with Crippen molar-refractivity contribution in [3.63, 3.8) is 0 Å². The van der Waals surface area contributed by atoms with Crippen molar-refractivity contribution in [2.45, 2.75) is 52.2 Å². The van der Waals surface area contributed by atoms with Crippen molar-refractivity contribution < 1.29 is 24.2 Å². The number of allylic oxidation sites excluding steroid dienone is 1. The third-order valence-electron chi connectivity index (χ3n) is 4.38. The van der Waals surface area contributed by atoms with Crippen LogP contribution in [0, 0.1) is 11.8 Å². The largest absolute Gasteiger partial charge is 0.461 e. The molecule has 0 saturated carbocycles. The van der Waals surface area contributed by atoms with Crippen LogP contribution >= 0.6 is 0 Å². The van der Waals surface area contributed by atoms with E-state index in [1.54, 1.807) is 6.92 Å².